The van der Waals surface area contributed by atoms with Crippen LogP contribution in [-0.4, -0.2) is 52.2 Å². The molecule has 2 amide bonds. The summed E-state index contributed by atoms with van der Waals surface area (Å²) in [6.45, 7) is 2.32. The van der Waals surface area contributed by atoms with Crippen LogP contribution in [0.4, 0.5) is 11.4 Å². The summed E-state index contributed by atoms with van der Waals surface area (Å²) in [5.41, 5.74) is 5.30. The predicted octanol–water partition coefficient (Wildman–Crippen LogP) is 6.84. The van der Waals surface area contributed by atoms with Gasteiger partial charge in [0.05, 0.1) is 42.6 Å². The van der Waals surface area contributed by atoms with Gasteiger partial charge in [0.25, 0.3) is 11.8 Å². The van der Waals surface area contributed by atoms with E-state index in [1.54, 1.807) is 24.3 Å². The van der Waals surface area contributed by atoms with Gasteiger partial charge < -0.3 is 24.5 Å². The van der Waals surface area contributed by atoms with Gasteiger partial charge in [0.1, 0.15) is 5.58 Å². The average molecular weight is 723 g/mol. The number of hydrogen-bond acceptors (Lipinski definition) is 9. The SMILES string of the molecule is COc1cc(NC(=O)c2cc(=O)c3ccccc3o2)c(C(=O)Nc2ccc(CCN(Cc3ccncc3)Cc3ccc4cnn(C)c4c3)cc2)cc1OC. The fraction of sp³-hybridized carbons (Fsp3) is 0.167. The molecule has 0 saturated carbocycles. The van der Waals surface area contributed by atoms with E-state index in [4.69, 9.17) is 13.9 Å². The predicted molar refractivity (Wildman–Crippen MR) is 207 cm³/mol. The number of aryl methyl sites for hydroxylation is 1. The number of fused-ring (bicyclic) bond motifs is 2. The second-order valence-electron chi connectivity index (χ2n) is 12.8. The van der Waals surface area contributed by atoms with E-state index in [1.165, 1.54) is 37.5 Å². The number of aromatic nitrogens is 3. The number of benzene rings is 4. The van der Waals surface area contributed by atoms with Gasteiger partial charge in [-0.15, -0.1) is 0 Å². The first-order valence-electron chi connectivity index (χ1n) is 17.3. The second-order valence-corrected chi connectivity index (χ2v) is 12.8. The van der Waals surface area contributed by atoms with E-state index in [1.807, 2.05) is 66.7 Å². The number of methoxy groups -OCH3 is 2. The normalized spacial score (nSPS) is 11.2. The first kappa shape index (κ1) is 35.6. The Morgan fingerprint density at radius 2 is 1.52 bits per heavy atom. The first-order chi connectivity index (χ1) is 26.3. The number of ether oxygens (including phenoxy) is 2. The number of hydrogen-bond donors (Lipinski definition) is 2. The van der Waals surface area contributed by atoms with Gasteiger partial charge in [0, 0.05) is 62.3 Å². The minimum Gasteiger partial charge on any atom is -0.493 e. The smallest absolute Gasteiger partial charge is 0.291 e. The van der Waals surface area contributed by atoms with Gasteiger partial charge >= 0.3 is 0 Å². The van der Waals surface area contributed by atoms with E-state index in [2.05, 4.69) is 43.8 Å². The Labute approximate surface area is 311 Å². The van der Waals surface area contributed by atoms with E-state index >= 15 is 0 Å². The second kappa shape index (κ2) is 15.8. The lowest BCUT2D eigenvalue weighted by atomic mass is 10.1. The quantitative estimate of drug-likeness (QED) is 0.131. The number of nitrogens with zero attached hydrogens (tertiary/aromatic N) is 4. The van der Waals surface area contributed by atoms with Gasteiger partial charge in [-0.2, -0.15) is 5.10 Å². The monoisotopic (exact) mass is 722 g/mol. The van der Waals surface area contributed by atoms with Crippen molar-refractivity contribution in [1.29, 1.82) is 0 Å². The number of anilines is 2. The molecule has 0 aliphatic rings. The molecule has 3 aromatic heterocycles. The lowest BCUT2D eigenvalue weighted by molar-refractivity contribution is 0.0997. The largest absolute Gasteiger partial charge is 0.493 e. The molecule has 0 aliphatic carbocycles. The van der Waals surface area contributed by atoms with Crippen molar-refractivity contribution in [2.45, 2.75) is 19.5 Å². The Morgan fingerprint density at radius 1 is 0.796 bits per heavy atom. The minimum atomic E-state index is -0.709. The highest BCUT2D eigenvalue weighted by Crippen LogP contribution is 2.34. The number of amides is 2. The summed E-state index contributed by atoms with van der Waals surface area (Å²) in [7, 11) is 4.86. The number of pyridine rings is 1. The van der Waals surface area contributed by atoms with Crippen molar-refractivity contribution in [1.82, 2.24) is 19.7 Å². The van der Waals surface area contributed by atoms with Gasteiger partial charge in [0.15, 0.2) is 22.7 Å². The summed E-state index contributed by atoms with van der Waals surface area (Å²) in [5.74, 6) is -0.815. The third kappa shape index (κ3) is 7.98. The van der Waals surface area contributed by atoms with E-state index < -0.39 is 11.8 Å². The van der Waals surface area contributed by atoms with E-state index in [9.17, 15) is 14.4 Å². The molecule has 54 heavy (non-hydrogen) atoms. The highest BCUT2D eigenvalue weighted by Gasteiger charge is 2.21. The number of para-hydroxylation sites is 1. The highest BCUT2D eigenvalue weighted by atomic mass is 16.5. The summed E-state index contributed by atoms with van der Waals surface area (Å²) in [6.07, 6.45) is 6.28. The van der Waals surface area contributed by atoms with Crippen LogP contribution in [0.3, 0.4) is 0 Å². The lowest BCUT2D eigenvalue weighted by Gasteiger charge is -2.23. The minimum absolute atomic E-state index is 0.115. The van der Waals surface area contributed by atoms with Gasteiger partial charge in [0.2, 0.25) is 0 Å². The topological polar surface area (TPSA) is 141 Å². The number of carbonyl (C=O) groups excluding carboxylic acids is 2. The maximum Gasteiger partial charge on any atom is 0.291 e. The van der Waals surface area contributed by atoms with Gasteiger partial charge in [-0.3, -0.25) is 28.9 Å². The molecule has 12 heteroatoms. The van der Waals surface area contributed by atoms with E-state index in [0.717, 1.165) is 48.6 Å². The maximum atomic E-state index is 13.7. The van der Waals surface area contributed by atoms with Crippen LogP contribution >= 0.6 is 0 Å². The fourth-order valence-electron chi connectivity index (χ4n) is 6.32. The number of carbonyl (C=O) groups is 2. The van der Waals surface area contributed by atoms with Crippen molar-refractivity contribution in [2.24, 2.45) is 7.05 Å². The molecular formula is C42H38N6O6. The lowest BCUT2D eigenvalue weighted by Crippen LogP contribution is -2.25. The molecule has 0 atom stereocenters. The zero-order valence-corrected chi connectivity index (χ0v) is 30.0. The summed E-state index contributed by atoms with van der Waals surface area (Å²) < 4.78 is 18.5. The number of rotatable bonds is 13. The first-order valence-corrected chi connectivity index (χ1v) is 17.3. The maximum absolute atomic E-state index is 13.7. The third-order valence-electron chi connectivity index (χ3n) is 9.18. The molecule has 4 aromatic carbocycles. The van der Waals surface area contributed by atoms with Crippen molar-refractivity contribution in [2.75, 3.05) is 31.4 Å². The zero-order chi connectivity index (χ0) is 37.6. The number of nitrogens with one attached hydrogen (secondary N) is 2. The molecule has 7 rings (SSSR count). The molecule has 0 spiro atoms. The molecule has 7 aromatic rings. The van der Waals surface area contributed by atoms with E-state index in [0.29, 0.717) is 22.6 Å². The van der Waals surface area contributed by atoms with Crippen molar-refractivity contribution < 1.29 is 23.5 Å². The van der Waals surface area contributed by atoms with Gasteiger partial charge in [-0.1, -0.05) is 36.4 Å². The van der Waals surface area contributed by atoms with Crippen molar-refractivity contribution >= 4 is 45.1 Å². The third-order valence-corrected chi connectivity index (χ3v) is 9.18. The molecule has 12 nitrogen and oxygen atoms in total. The van der Waals surface area contributed by atoms with Gasteiger partial charge in [-0.25, -0.2) is 0 Å². The van der Waals surface area contributed by atoms with Crippen LogP contribution in [0.1, 0.15) is 37.6 Å². The van der Waals surface area contributed by atoms with Crippen LogP contribution in [0.15, 0.2) is 125 Å². The summed E-state index contributed by atoms with van der Waals surface area (Å²) in [5, 5.41) is 11.5. The molecule has 0 bridgehead atoms. The summed E-state index contributed by atoms with van der Waals surface area (Å²) in [4.78, 5) is 46.3. The molecule has 0 aliphatic heterocycles. The average Bonchev–Trinajstić information content (AvgIpc) is 3.56. The standard InChI is InChI=1S/C42H38N6O6/c1-47-35-20-29(8-11-30(35)24-44-47)26-48(25-28-14-17-43-18-15-28)19-16-27-9-12-31(13-10-27)45-41(50)33-21-38(52-2)39(53-3)22-34(33)46-42(51)40-23-36(49)32-6-4-5-7-37(32)54-40/h4-15,17-18,20-24H,16,19,25-26H2,1-3H3,(H,45,50)(H,46,51). The summed E-state index contributed by atoms with van der Waals surface area (Å²) in [6, 6.07) is 28.9. The van der Waals surface area contributed by atoms with Crippen molar-refractivity contribution in [3.05, 3.63) is 154 Å². The van der Waals surface area contributed by atoms with Crippen LogP contribution in [0, 0.1) is 0 Å². The summed E-state index contributed by atoms with van der Waals surface area (Å²) >= 11 is 0. The molecule has 3 heterocycles. The highest BCUT2D eigenvalue weighted by molar-refractivity contribution is 6.12. The molecule has 0 unspecified atom stereocenters. The Hall–Kier alpha value is -6.79. The van der Waals surface area contributed by atoms with Crippen LogP contribution in [0.25, 0.3) is 21.9 Å². The molecule has 272 valence electrons. The molecule has 2 N–H and O–H groups in total. The van der Waals surface area contributed by atoms with Crippen LogP contribution in [0.5, 0.6) is 11.5 Å². The molecule has 0 saturated heterocycles. The van der Waals surface area contributed by atoms with E-state index in [-0.39, 0.29) is 28.0 Å². The Bertz CT molecular complexity index is 2510. The van der Waals surface area contributed by atoms with Crippen LogP contribution in [0.2, 0.25) is 0 Å². The zero-order valence-electron chi connectivity index (χ0n) is 30.0. The van der Waals surface area contributed by atoms with Gasteiger partial charge in [-0.05, 0) is 71.6 Å². The van der Waals surface area contributed by atoms with Crippen LogP contribution in [-0.2, 0) is 26.6 Å². The molecule has 0 radical (unpaired) electrons. The molecular weight excluding hydrogens is 684 g/mol. The molecule has 0 fully saturated rings. The Balaban J connectivity index is 1.06. The van der Waals surface area contributed by atoms with Crippen molar-refractivity contribution in [3.8, 4) is 11.5 Å². The fourth-order valence-corrected chi connectivity index (χ4v) is 6.32. The Kier molecular flexibility index (Phi) is 10.4. The van der Waals surface area contributed by atoms with Crippen molar-refractivity contribution in [3.63, 3.8) is 0 Å². The Morgan fingerprint density at radius 3 is 2.30 bits per heavy atom. The van der Waals surface area contributed by atoms with Crippen LogP contribution < -0.4 is 25.5 Å².